The first-order chi connectivity index (χ1) is 9.51. The first kappa shape index (κ1) is 17.6. The molecule has 20 heavy (non-hydrogen) atoms. The number of hydrogen-bond donors (Lipinski definition) is 2. The quantitative estimate of drug-likeness (QED) is 0.656. The molecule has 0 aliphatic heterocycles. The van der Waals surface area contributed by atoms with Gasteiger partial charge in [-0.1, -0.05) is 6.07 Å². The van der Waals surface area contributed by atoms with Gasteiger partial charge >= 0.3 is 0 Å². The van der Waals surface area contributed by atoms with E-state index >= 15 is 0 Å². The molecule has 7 heteroatoms. The highest BCUT2D eigenvalue weighted by Crippen LogP contribution is 2.23. The van der Waals surface area contributed by atoms with Gasteiger partial charge in [0.1, 0.15) is 0 Å². The second kappa shape index (κ2) is 8.74. The fourth-order valence-corrected chi connectivity index (χ4v) is 3.88. The number of rotatable bonds is 9. The third kappa shape index (κ3) is 5.49. The number of benzene rings is 1. The van der Waals surface area contributed by atoms with Gasteiger partial charge < -0.3 is 10.1 Å². The van der Waals surface area contributed by atoms with Crippen LogP contribution in [0.2, 0.25) is 0 Å². The molecule has 1 aromatic rings. The van der Waals surface area contributed by atoms with Crippen LogP contribution in [0.3, 0.4) is 0 Å². The first-order valence-corrected chi connectivity index (χ1v) is 8.79. The van der Waals surface area contributed by atoms with E-state index < -0.39 is 10.0 Å². The molecule has 1 rings (SSSR count). The summed E-state index contributed by atoms with van der Waals surface area (Å²) in [4.78, 5) is 0.258. The number of halogens is 1. The SMILES string of the molecule is CCOCCCNS(=O)(=O)c1ccc(CNC)cc1Br. The number of sulfonamides is 1. The van der Waals surface area contributed by atoms with Crippen molar-refractivity contribution in [3.8, 4) is 0 Å². The maximum absolute atomic E-state index is 12.2. The van der Waals surface area contributed by atoms with Crippen LogP contribution < -0.4 is 10.0 Å². The molecule has 0 spiro atoms. The Bertz CT molecular complexity index is 520. The highest BCUT2D eigenvalue weighted by atomic mass is 79.9. The molecule has 0 radical (unpaired) electrons. The monoisotopic (exact) mass is 364 g/mol. The standard InChI is InChI=1S/C13H21BrN2O3S/c1-3-19-8-4-7-16-20(17,18)13-6-5-11(10-15-2)9-12(13)14/h5-6,9,15-16H,3-4,7-8,10H2,1-2H3. The van der Waals surface area contributed by atoms with E-state index in [1.54, 1.807) is 12.1 Å². The second-order valence-corrected chi connectivity index (χ2v) is 6.83. The smallest absolute Gasteiger partial charge is 0.241 e. The number of ether oxygens (including phenoxy) is 1. The van der Waals surface area contributed by atoms with Crippen molar-refractivity contribution in [1.29, 1.82) is 0 Å². The molecule has 5 nitrogen and oxygen atoms in total. The van der Waals surface area contributed by atoms with Crippen LogP contribution in [-0.4, -0.2) is 35.2 Å². The van der Waals surface area contributed by atoms with Gasteiger partial charge in [-0.05, 0) is 54.0 Å². The Morgan fingerprint density at radius 1 is 1.35 bits per heavy atom. The zero-order valence-corrected chi connectivity index (χ0v) is 14.2. The molecule has 2 N–H and O–H groups in total. The van der Waals surface area contributed by atoms with Crippen molar-refractivity contribution in [3.63, 3.8) is 0 Å². The van der Waals surface area contributed by atoms with Gasteiger partial charge in [0.15, 0.2) is 0 Å². The fraction of sp³-hybridized carbons (Fsp3) is 0.538. The third-order valence-corrected chi connectivity index (χ3v) is 5.07. The Hall–Kier alpha value is -0.470. The summed E-state index contributed by atoms with van der Waals surface area (Å²) in [5, 5.41) is 3.02. The minimum absolute atomic E-state index is 0.258. The molecule has 0 amide bonds. The van der Waals surface area contributed by atoms with E-state index in [1.165, 1.54) is 0 Å². The van der Waals surface area contributed by atoms with E-state index in [0.717, 1.165) is 5.56 Å². The van der Waals surface area contributed by atoms with E-state index in [9.17, 15) is 8.42 Å². The molecule has 0 aliphatic rings. The van der Waals surface area contributed by atoms with Crippen LogP contribution in [0.25, 0.3) is 0 Å². The Balaban J connectivity index is 2.67. The number of hydrogen-bond acceptors (Lipinski definition) is 4. The predicted molar refractivity (Wildman–Crippen MR) is 83.2 cm³/mol. The van der Waals surface area contributed by atoms with Gasteiger partial charge in [-0.3, -0.25) is 0 Å². The molecule has 0 saturated heterocycles. The van der Waals surface area contributed by atoms with Crippen LogP contribution in [0.4, 0.5) is 0 Å². The summed E-state index contributed by atoms with van der Waals surface area (Å²) in [5.74, 6) is 0. The summed E-state index contributed by atoms with van der Waals surface area (Å²) in [6.07, 6.45) is 0.655. The second-order valence-electron chi connectivity index (χ2n) is 4.24. The van der Waals surface area contributed by atoms with Crippen molar-refractivity contribution in [2.45, 2.75) is 24.8 Å². The Morgan fingerprint density at radius 2 is 2.10 bits per heavy atom. The van der Waals surface area contributed by atoms with Gasteiger partial charge in [-0.2, -0.15) is 0 Å². The van der Waals surface area contributed by atoms with Crippen LogP contribution in [0.5, 0.6) is 0 Å². The van der Waals surface area contributed by atoms with E-state index in [1.807, 2.05) is 20.0 Å². The zero-order chi connectivity index (χ0) is 15.0. The maximum Gasteiger partial charge on any atom is 0.241 e. The van der Waals surface area contributed by atoms with E-state index in [0.29, 0.717) is 37.2 Å². The zero-order valence-electron chi connectivity index (χ0n) is 11.8. The number of nitrogens with one attached hydrogen (secondary N) is 2. The first-order valence-electron chi connectivity index (χ1n) is 6.51. The van der Waals surface area contributed by atoms with Gasteiger partial charge in [-0.25, -0.2) is 13.1 Å². The Morgan fingerprint density at radius 3 is 2.70 bits per heavy atom. The molecule has 1 aromatic carbocycles. The average Bonchev–Trinajstić information content (AvgIpc) is 2.38. The predicted octanol–water partition coefficient (Wildman–Crippen LogP) is 1.87. The topological polar surface area (TPSA) is 67.4 Å². The Labute approximate surface area is 129 Å². The van der Waals surface area contributed by atoms with Gasteiger partial charge in [0.2, 0.25) is 10.0 Å². The fourth-order valence-electron chi connectivity index (χ4n) is 1.68. The summed E-state index contributed by atoms with van der Waals surface area (Å²) in [7, 11) is -1.64. The van der Waals surface area contributed by atoms with Crippen molar-refractivity contribution in [3.05, 3.63) is 28.2 Å². The maximum atomic E-state index is 12.2. The molecule has 0 heterocycles. The highest BCUT2D eigenvalue weighted by Gasteiger charge is 2.17. The molecule has 0 unspecified atom stereocenters. The molecular formula is C13H21BrN2O3S. The van der Waals surface area contributed by atoms with Crippen molar-refractivity contribution < 1.29 is 13.2 Å². The van der Waals surface area contributed by atoms with Crippen molar-refractivity contribution in [2.75, 3.05) is 26.8 Å². The summed E-state index contributed by atoms with van der Waals surface area (Å²) >= 11 is 3.32. The van der Waals surface area contributed by atoms with Crippen molar-refractivity contribution in [2.24, 2.45) is 0 Å². The van der Waals surface area contributed by atoms with Crippen LogP contribution in [0.1, 0.15) is 18.9 Å². The molecular weight excluding hydrogens is 344 g/mol. The lowest BCUT2D eigenvalue weighted by atomic mass is 10.2. The van der Waals surface area contributed by atoms with Crippen molar-refractivity contribution >= 4 is 26.0 Å². The molecule has 0 aliphatic carbocycles. The van der Waals surface area contributed by atoms with Gasteiger partial charge in [-0.15, -0.1) is 0 Å². The minimum atomic E-state index is -3.48. The van der Waals surface area contributed by atoms with Crippen LogP contribution in [0.15, 0.2) is 27.6 Å². The molecule has 0 bridgehead atoms. The lowest BCUT2D eigenvalue weighted by Crippen LogP contribution is -2.26. The summed E-state index contributed by atoms with van der Waals surface area (Å²) in [6, 6.07) is 5.23. The van der Waals surface area contributed by atoms with E-state index in [2.05, 4.69) is 26.0 Å². The molecule has 114 valence electrons. The molecule has 0 fully saturated rings. The molecule has 0 aromatic heterocycles. The largest absolute Gasteiger partial charge is 0.382 e. The summed E-state index contributed by atoms with van der Waals surface area (Å²) < 4.78 is 32.6. The van der Waals surface area contributed by atoms with Gasteiger partial charge in [0.25, 0.3) is 0 Å². The molecule has 0 saturated carbocycles. The van der Waals surface area contributed by atoms with Gasteiger partial charge in [0.05, 0.1) is 4.90 Å². The Kier molecular flexibility index (Phi) is 7.68. The van der Waals surface area contributed by atoms with Gasteiger partial charge in [0, 0.05) is 30.8 Å². The minimum Gasteiger partial charge on any atom is -0.382 e. The van der Waals surface area contributed by atoms with E-state index in [4.69, 9.17) is 4.74 Å². The van der Waals surface area contributed by atoms with Crippen LogP contribution in [0, 0.1) is 0 Å². The molecule has 0 atom stereocenters. The van der Waals surface area contributed by atoms with Crippen molar-refractivity contribution in [1.82, 2.24) is 10.0 Å². The highest BCUT2D eigenvalue weighted by molar-refractivity contribution is 9.10. The third-order valence-electron chi connectivity index (χ3n) is 2.63. The normalized spacial score (nSPS) is 11.8. The van der Waals surface area contributed by atoms with E-state index in [-0.39, 0.29) is 4.90 Å². The van der Waals surface area contributed by atoms with Crippen LogP contribution in [-0.2, 0) is 21.3 Å². The summed E-state index contributed by atoms with van der Waals surface area (Å²) in [6.45, 7) is 4.17. The van der Waals surface area contributed by atoms with Crippen LogP contribution >= 0.6 is 15.9 Å². The summed E-state index contributed by atoms with van der Waals surface area (Å²) in [5.41, 5.74) is 1.02. The average molecular weight is 365 g/mol. The lowest BCUT2D eigenvalue weighted by Gasteiger charge is -2.10. The lowest BCUT2D eigenvalue weighted by molar-refractivity contribution is 0.146.